The van der Waals surface area contributed by atoms with Crippen LogP contribution in [0.1, 0.15) is 44.2 Å². The first-order valence-corrected chi connectivity index (χ1v) is 7.81. The Labute approximate surface area is 119 Å². The van der Waals surface area contributed by atoms with Gasteiger partial charge in [0.15, 0.2) is 0 Å². The summed E-state index contributed by atoms with van der Waals surface area (Å²) in [5, 5.41) is 3.75. The molecule has 0 amide bonds. The van der Waals surface area contributed by atoms with Crippen LogP contribution in [0, 0.1) is 25.7 Å². The zero-order valence-electron chi connectivity index (χ0n) is 11.9. The van der Waals surface area contributed by atoms with Crippen LogP contribution in [0.15, 0.2) is 16.6 Å². The number of nitrogens with one attached hydrogen (secondary N) is 1. The Morgan fingerprint density at radius 3 is 2.33 bits per heavy atom. The fourth-order valence-electron chi connectivity index (χ4n) is 3.03. The molecule has 3 unspecified atom stereocenters. The zero-order chi connectivity index (χ0) is 13.3. The van der Waals surface area contributed by atoms with E-state index in [-0.39, 0.29) is 0 Å². The maximum absolute atomic E-state index is 3.75. The van der Waals surface area contributed by atoms with E-state index in [0.717, 1.165) is 11.8 Å². The van der Waals surface area contributed by atoms with Gasteiger partial charge in [0.2, 0.25) is 0 Å². The van der Waals surface area contributed by atoms with Gasteiger partial charge in [-0.15, -0.1) is 0 Å². The number of hydrogen-bond acceptors (Lipinski definition) is 1. The molecule has 0 bridgehead atoms. The first-order chi connectivity index (χ1) is 8.49. The predicted octanol–water partition coefficient (Wildman–Crippen LogP) is 5.30. The molecule has 0 aromatic heterocycles. The van der Waals surface area contributed by atoms with Crippen LogP contribution in [0.5, 0.6) is 0 Å². The van der Waals surface area contributed by atoms with Crippen LogP contribution in [0.2, 0.25) is 0 Å². The highest BCUT2D eigenvalue weighted by atomic mass is 79.9. The van der Waals surface area contributed by atoms with E-state index >= 15 is 0 Å². The van der Waals surface area contributed by atoms with Crippen LogP contribution in [0.3, 0.4) is 0 Å². The van der Waals surface area contributed by atoms with E-state index in [4.69, 9.17) is 0 Å². The molecule has 2 rings (SSSR count). The van der Waals surface area contributed by atoms with E-state index in [0.29, 0.717) is 6.04 Å². The normalized spacial score (nSPS) is 28.2. The number of aryl methyl sites for hydroxylation is 2. The minimum absolute atomic E-state index is 0.633. The Morgan fingerprint density at radius 2 is 1.72 bits per heavy atom. The molecule has 1 aliphatic carbocycles. The van der Waals surface area contributed by atoms with Crippen molar-refractivity contribution in [2.75, 3.05) is 5.32 Å². The van der Waals surface area contributed by atoms with Crippen molar-refractivity contribution in [1.82, 2.24) is 0 Å². The van der Waals surface area contributed by atoms with Gasteiger partial charge in [0, 0.05) is 16.2 Å². The molecule has 0 saturated heterocycles. The van der Waals surface area contributed by atoms with Gasteiger partial charge in [-0.05, 0) is 55.4 Å². The third kappa shape index (κ3) is 2.90. The van der Waals surface area contributed by atoms with E-state index in [1.807, 2.05) is 0 Å². The molecule has 2 heteroatoms. The molecule has 1 nitrogen and oxygen atoms in total. The zero-order valence-corrected chi connectivity index (χ0v) is 13.5. The molecular formula is C16H24BrN. The highest BCUT2D eigenvalue weighted by Gasteiger charge is 2.26. The average Bonchev–Trinajstić information content (AvgIpc) is 2.32. The van der Waals surface area contributed by atoms with Crippen LogP contribution >= 0.6 is 15.9 Å². The van der Waals surface area contributed by atoms with Crippen LogP contribution in [0.25, 0.3) is 0 Å². The van der Waals surface area contributed by atoms with Crippen molar-refractivity contribution in [3.8, 4) is 0 Å². The minimum atomic E-state index is 0.633. The molecule has 100 valence electrons. The molecule has 1 saturated carbocycles. The molecule has 0 heterocycles. The number of anilines is 1. The fourth-order valence-corrected chi connectivity index (χ4v) is 3.26. The van der Waals surface area contributed by atoms with Gasteiger partial charge in [0.05, 0.1) is 0 Å². The summed E-state index contributed by atoms with van der Waals surface area (Å²) in [5.74, 6) is 1.61. The summed E-state index contributed by atoms with van der Waals surface area (Å²) in [6, 6.07) is 5.14. The number of hydrogen-bond donors (Lipinski definition) is 1. The predicted molar refractivity (Wildman–Crippen MR) is 83.2 cm³/mol. The lowest BCUT2D eigenvalue weighted by Crippen LogP contribution is -2.35. The van der Waals surface area contributed by atoms with Crippen molar-refractivity contribution in [3.63, 3.8) is 0 Å². The van der Waals surface area contributed by atoms with Gasteiger partial charge < -0.3 is 5.32 Å². The van der Waals surface area contributed by atoms with Gasteiger partial charge in [-0.2, -0.15) is 0 Å². The quantitative estimate of drug-likeness (QED) is 0.781. The third-order valence-electron chi connectivity index (χ3n) is 4.50. The summed E-state index contributed by atoms with van der Waals surface area (Å²) in [4.78, 5) is 0. The highest BCUT2D eigenvalue weighted by molar-refractivity contribution is 9.10. The summed E-state index contributed by atoms with van der Waals surface area (Å²) in [7, 11) is 0. The maximum atomic E-state index is 3.75. The van der Waals surface area contributed by atoms with Crippen molar-refractivity contribution in [1.29, 1.82) is 0 Å². The first-order valence-electron chi connectivity index (χ1n) is 7.02. The Bertz CT molecular complexity index is 404. The average molecular weight is 310 g/mol. The molecule has 1 aromatic carbocycles. The monoisotopic (exact) mass is 309 g/mol. The molecule has 1 aromatic rings. The molecule has 3 atom stereocenters. The van der Waals surface area contributed by atoms with Gasteiger partial charge in [0.1, 0.15) is 0 Å². The molecule has 0 spiro atoms. The van der Waals surface area contributed by atoms with Crippen LogP contribution in [0.4, 0.5) is 5.69 Å². The Kier molecular flexibility index (Phi) is 4.37. The van der Waals surface area contributed by atoms with Crippen LogP contribution in [-0.2, 0) is 0 Å². The topological polar surface area (TPSA) is 12.0 Å². The summed E-state index contributed by atoms with van der Waals surface area (Å²) >= 11 is 3.63. The second-order valence-corrected chi connectivity index (χ2v) is 6.74. The number of halogens is 1. The molecule has 1 N–H and O–H groups in total. The summed E-state index contributed by atoms with van der Waals surface area (Å²) in [6.07, 6.45) is 4.05. The standard InChI is InChI=1S/C16H24BrN/c1-10-6-5-7-15(13(10)4)18-14-8-11(2)16(17)12(3)9-14/h8-10,13,15,18H,5-7H2,1-4H3. The summed E-state index contributed by atoms with van der Waals surface area (Å²) < 4.78 is 1.23. The Hall–Kier alpha value is -0.500. The van der Waals surface area contributed by atoms with E-state index in [1.165, 1.54) is 40.5 Å². The molecule has 0 aliphatic heterocycles. The molecule has 1 aliphatic rings. The minimum Gasteiger partial charge on any atom is -0.382 e. The van der Waals surface area contributed by atoms with Crippen LogP contribution < -0.4 is 5.32 Å². The summed E-state index contributed by atoms with van der Waals surface area (Å²) in [6.45, 7) is 9.10. The lowest BCUT2D eigenvalue weighted by molar-refractivity contribution is 0.253. The van der Waals surface area contributed by atoms with Gasteiger partial charge >= 0.3 is 0 Å². The molecular weight excluding hydrogens is 286 g/mol. The highest BCUT2D eigenvalue weighted by Crippen LogP contribution is 2.33. The third-order valence-corrected chi connectivity index (χ3v) is 5.75. The Balaban J connectivity index is 2.14. The van der Waals surface area contributed by atoms with Crippen molar-refractivity contribution in [2.45, 2.75) is 53.0 Å². The molecule has 1 fully saturated rings. The summed E-state index contributed by atoms with van der Waals surface area (Å²) in [5.41, 5.74) is 3.90. The molecule has 18 heavy (non-hydrogen) atoms. The van der Waals surface area contributed by atoms with Crippen molar-refractivity contribution in [2.24, 2.45) is 11.8 Å². The van der Waals surface area contributed by atoms with Gasteiger partial charge in [-0.3, -0.25) is 0 Å². The lowest BCUT2D eigenvalue weighted by atomic mass is 9.78. The van der Waals surface area contributed by atoms with Crippen molar-refractivity contribution in [3.05, 3.63) is 27.7 Å². The van der Waals surface area contributed by atoms with E-state index in [9.17, 15) is 0 Å². The number of benzene rings is 1. The van der Waals surface area contributed by atoms with Gasteiger partial charge in [-0.25, -0.2) is 0 Å². The van der Waals surface area contributed by atoms with Crippen LogP contribution in [-0.4, -0.2) is 6.04 Å². The SMILES string of the molecule is Cc1cc(NC2CCCC(C)C2C)cc(C)c1Br. The molecule has 0 radical (unpaired) electrons. The van der Waals surface area contributed by atoms with Gasteiger partial charge in [-0.1, -0.05) is 42.6 Å². The van der Waals surface area contributed by atoms with E-state index in [2.05, 4.69) is 61.1 Å². The smallest absolute Gasteiger partial charge is 0.0348 e. The second kappa shape index (κ2) is 5.64. The van der Waals surface area contributed by atoms with Crippen molar-refractivity contribution >= 4 is 21.6 Å². The Morgan fingerprint density at radius 1 is 1.11 bits per heavy atom. The second-order valence-electron chi connectivity index (χ2n) is 5.94. The van der Waals surface area contributed by atoms with E-state index in [1.54, 1.807) is 0 Å². The number of rotatable bonds is 2. The largest absolute Gasteiger partial charge is 0.382 e. The van der Waals surface area contributed by atoms with Crippen molar-refractivity contribution < 1.29 is 0 Å². The fraction of sp³-hybridized carbons (Fsp3) is 0.625. The van der Waals surface area contributed by atoms with Gasteiger partial charge in [0.25, 0.3) is 0 Å². The lowest BCUT2D eigenvalue weighted by Gasteiger charge is -2.35. The van der Waals surface area contributed by atoms with E-state index < -0.39 is 0 Å². The maximum Gasteiger partial charge on any atom is 0.0348 e. The first kappa shape index (κ1) is 13.9.